The van der Waals surface area contributed by atoms with Crippen LogP contribution in [0.25, 0.3) is 0 Å². The summed E-state index contributed by atoms with van der Waals surface area (Å²) in [6.07, 6.45) is 3.82. The van der Waals surface area contributed by atoms with Gasteiger partial charge in [-0.2, -0.15) is 0 Å². The maximum Gasteiger partial charge on any atom is 0.311 e. The summed E-state index contributed by atoms with van der Waals surface area (Å²) in [6.45, 7) is 20.9. The third kappa shape index (κ3) is 2.90. The van der Waals surface area contributed by atoms with E-state index in [1.807, 2.05) is 34.6 Å². The van der Waals surface area contributed by atoms with Gasteiger partial charge < -0.3 is 14.2 Å². The lowest BCUT2D eigenvalue weighted by Gasteiger charge is -2.69. The Labute approximate surface area is 199 Å². The van der Waals surface area contributed by atoms with Crippen LogP contribution in [-0.4, -0.2) is 35.9 Å². The normalized spacial score (nSPS) is 47.5. The molecule has 1 aliphatic heterocycles. The average Bonchev–Trinajstić information content (AvgIpc) is 2.80. The molecule has 8 atom stereocenters. The van der Waals surface area contributed by atoms with Crippen LogP contribution in [0, 0.1) is 39.4 Å². The van der Waals surface area contributed by atoms with Gasteiger partial charge in [0, 0.05) is 11.3 Å². The zero-order chi connectivity index (χ0) is 24.4. The van der Waals surface area contributed by atoms with Crippen LogP contribution in [0.15, 0.2) is 12.2 Å². The zero-order valence-corrected chi connectivity index (χ0v) is 21.7. The number of Topliss-reactive ketones (excluding diaryl/α,β-unsaturated/α-hetero) is 1. The first-order valence-electron chi connectivity index (χ1n) is 12.9. The van der Waals surface area contributed by atoms with Gasteiger partial charge in [-0.3, -0.25) is 9.59 Å². The van der Waals surface area contributed by atoms with Crippen LogP contribution in [0.3, 0.4) is 0 Å². The molecule has 0 unspecified atom stereocenters. The largest absolute Gasteiger partial charge is 0.461 e. The minimum absolute atomic E-state index is 0.0372. The Morgan fingerprint density at radius 3 is 2.33 bits per heavy atom. The van der Waals surface area contributed by atoms with Gasteiger partial charge in [0.25, 0.3) is 0 Å². The van der Waals surface area contributed by atoms with Gasteiger partial charge in [-0.05, 0) is 89.5 Å². The molecule has 0 N–H and O–H groups in total. The van der Waals surface area contributed by atoms with E-state index in [4.69, 9.17) is 14.2 Å². The first kappa shape index (κ1) is 23.5. The zero-order valence-electron chi connectivity index (χ0n) is 21.7. The number of hydrogen-bond acceptors (Lipinski definition) is 5. The molecule has 33 heavy (non-hydrogen) atoms. The highest BCUT2D eigenvalue weighted by molar-refractivity contribution is 6.04. The molecule has 184 valence electrons. The maximum absolute atomic E-state index is 14.1. The SMILES string of the molecule is C=C1C(=O)[C@@]23[C@@H]4OC(C)(C)O[C@@H]2C[C@@H]2C(C)(C)CC[C@H](OC(=O)C(C)(C)C)[C@@]2(C)[C@@H]3CC[C@@H]14. The van der Waals surface area contributed by atoms with Crippen molar-refractivity contribution in [2.24, 2.45) is 39.4 Å². The lowest BCUT2D eigenvalue weighted by Crippen LogP contribution is -2.74. The highest BCUT2D eigenvalue weighted by atomic mass is 16.7. The van der Waals surface area contributed by atoms with E-state index in [9.17, 15) is 9.59 Å². The van der Waals surface area contributed by atoms with Gasteiger partial charge in [0.1, 0.15) is 6.10 Å². The molecule has 4 aliphatic carbocycles. The van der Waals surface area contributed by atoms with E-state index < -0.39 is 16.6 Å². The quantitative estimate of drug-likeness (QED) is 0.386. The van der Waals surface area contributed by atoms with E-state index in [-0.39, 0.29) is 58.6 Å². The molecule has 1 spiro atoms. The topological polar surface area (TPSA) is 61.8 Å². The van der Waals surface area contributed by atoms with Crippen molar-refractivity contribution < 1.29 is 23.8 Å². The molecule has 5 fully saturated rings. The van der Waals surface area contributed by atoms with Gasteiger partial charge in [0.15, 0.2) is 11.6 Å². The van der Waals surface area contributed by atoms with Crippen LogP contribution < -0.4 is 0 Å². The Bertz CT molecular complexity index is 910. The fourth-order valence-corrected chi connectivity index (χ4v) is 8.74. The minimum atomic E-state index is -0.728. The molecule has 5 nitrogen and oxygen atoms in total. The fourth-order valence-electron chi connectivity index (χ4n) is 8.74. The van der Waals surface area contributed by atoms with Crippen molar-refractivity contribution >= 4 is 11.8 Å². The minimum Gasteiger partial charge on any atom is -0.461 e. The second-order valence-electron chi connectivity index (χ2n) is 13.9. The fraction of sp³-hybridized carbons (Fsp3) is 0.857. The van der Waals surface area contributed by atoms with Gasteiger partial charge in [-0.15, -0.1) is 0 Å². The van der Waals surface area contributed by atoms with Gasteiger partial charge in [0.2, 0.25) is 0 Å². The van der Waals surface area contributed by atoms with Crippen LogP contribution in [0.2, 0.25) is 0 Å². The maximum atomic E-state index is 14.1. The average molecular weight is 459 g/mol. The third-order valence-electron chi connectivity index (χ3n) is 10.2. The van der Waals surface area contributed by atoms with Crippen molar-refractivity contribution in [2.45, 2.75) is 112 Å². The van der Waals surface area contributed by atoms with Gasteiger partial charge in [-0.1, -0.05) is 27.4 Å². The van der Waals surface area contributed by atoms with Crippen molar-refractivity contribution in [2.75, 3.05) is 0 Å². The van der Waals surface area contributed by atoms with Crippen molar-refractivity contribution in [1.29, 1.82) is 0 Å². The lowest BCUT2D eigenvalue weighted by molar-refractivity contribution is -0.385. The summed E-state index contributed by atoms with van der Waals surface area (Å²) >= 11 is 0. The number of esters is 1. The lowest BCUT2D eigenvalue weighted by atomic mass is 9.39. The molecule has 4 saturated carbocycles. The highest BCUT2D eigenvalue weighted by Crippen LogP contribution is 2.73. The van der Waals surface area contributed by atoms with E-state index in [1.54, 1.807) is 0 Å². The summed E-state index contributed by atoms with van der Waals surface area (Å²) in [6, 6.07) is 0. The van der Waals surface area contributed by atoms with Crippen LogP contribution in [0.4, 0.5) is 0 Å². The van der Waals surface area contributed by atoms with Crippen LogP contribution in [0.1, 0.15) is 87.5 Å². The van der Waals surface area contributed by atoms with Crippen molar-refractivity contribution in [3.8, 4) is 0 Å². The standard InChI is InChI=1S/C28H42O5/c1-15-16-10-11-17-27(9)18(25(5,6)13-12-19(27)31-23(30)24(2,3)4)14-20-28(17,21(15)29)22(16)33-26(7,8)32-20/h16-20,22H,1,10-14H2,2-9H3/t16-,17-,18+,19-,20+,22+,27-,28-/m0/s1. The molecular weight excluding hydrogens is 416 g/mol. The van der Waals surface area contributed by atoms with Crippen LogP contribution in [-0.2, 0) is 23.8 Å². The second-order valence-corrected chi connectivity index (χ2v) is 13.9. The Hall–Kier alpha value is -1.20. The van der Waals surface area contributed by atoms with E-state index >= 15 is 0 Å². The van der Waals surface area contributed by atoms with Crippen molar-refractivity contribution in [1.82, 2.24) is 0 Å². The monoisotopic (exact) mass is 458 g/mol. The molecule has 5 heteroatoms. The predicted molar refractivity (Wildman–Crippen MR) is 125 cm³/mol. The molecular formula is C28H42O5. The van der Waals surface area contributed by atoms with E-state index in [0.29, 0.717) is 5.57 Å². The first-order valence-corrected chi connectivity index (χ1v) is 12.9. The Morgan fingerprint density at radius 2 is 1.70 bits per heavy atom. The van der Waals surface area contributed by atoms with Gasteiger partial charge in [0.05, 0.1) is 23.0 Å². The van der Waals surface area contributed by atoms with Gasteiger partial charge in [-0.25, -0.2) is 0 Å². The smallest absolute Gasteiger partial charge is 0.311 e. The Kier molecular flexibility index (Phi) is 4.79. The predicted octanol–water partition coefficient (Wildman–Crippen LogP) is 5.46. The molecule has 0 aromatic rings. The van der Waals surface area contributed by atoms with Crippen molar-refractivity contribution in [3.63, 3.8) is 0 Å². The van der Waals surface area contributed by atoms with Gasteiger partial charge >= 0.3 is 5.97 Å². The molecule has 1 saturated heterocycles. The number of fused-ring (bicyclic) bond motifs is 2. The summed E-state index contributed by atoms with van der Waals surface area (Å²) in [7, 11) is 0. The number of ketones is 1. The molecule has 1 heterocycles. The van der Waals surface area contributed by atoms with Crippen LogP contribution in [0.5, 0.6) is 0 Å². The Balaban J connectivity index is 1.66. The summed E-state index contributed by atoms with van der Waals surface area (Å²) in [5.74, 6) is -0.359. The number of rotatable bonds is 1. The van der Waals surface area contributed by atoms with Crippen molar-refractivity contribution in [3.05, 3.63) is 12.2 Å². The van der Waals surface area contributed by atoms with E-state index in [2.05, 4.69) is 27.4 Å². The molecule has 0 aromatic heterocycles. The molecule has 5 aliphatic rings. The van der Waals surface area contributed by atoms with E-state index in [1.165, 1.54) is 0 Å². The Morgan fingerprint density at radius 1 is 1.03 bits per heavy atom. The molecule has 0 radical (unpaired) electrons. The van der Waals surface area contributed by atoms with Crippen LogP contribution >= 0.6 is 0 Å². The third-order valence-corrected chi connectivity index (χ3v) is 10.2. The number of hydrogen-bond donors (Lipinski definition) is 0. The molecule has 0 aromatic carbocycles. The second kappa shape index (κ2) is 6.72. The van der Waals surface area contributed by atoms with E-state index in [0.717, 1.165) is 32.1 Å². The molecule has 2 bridgehead atoms. The highest BCUT2D eigenvalue weighted by Gasteiger charge is 2.78. The number of carbonyl (C=O) groups is 2. The summed E-state index contributed by atoms with van der Waals surface area (Å²) in [4.78, 5) is 27.1. The number of ether oxygens (including phenoxy) is 3. The molecule has 5 rings (SSSR count). The number of carbonyl (C=O) groups excluding carboxylic acids is 2. The molecule has 0 amide bonds. The summed E-state index contributed by atoms with van der Waals surface area (Å²) in [5.41, 5.74) is -0.823. The summed E-state index contributed by atoms with van der Waals surface area (Å²) in [5, 5.41) is 0. The first-order chi connectivity index (χ1) is 15.1. The summed E-state index contributed by atoms with van der Waals surface area (Å²) < 4.78 is 19.5.